The molecule has 0 radical (unpaired) electrons. The lowest BCUT2D eigenvalue weighted by Crippen LogP contribution is -2.48. The normalized spacial score (nSPS) is 22.4. The molecular weight excluding hydrogens is 480 g/mol. The predicted molar refractivity (Wildman–Crippen MR) is 150 cm³/mol. The van der Waals surface area contributed by atoms with Crippen LogP contribution in [0.1, 0.15) is 51.4 Å². The quantitative estimate of drug-likeness (QED) is 0.555. The standard InChI is InChI=1S/C26H40N12/c1-2-10-33(9-1)21-27-22(34-11-3-4-12-34)30-25(29-21)37-17-19-38(20-18-37)26-31-23(35-13-5-6-14-35)28-24(32-26)36-15-7-8-16-36/h1-20H2. The Morgan fingerprint density at radius 3 is 0.579 bits per heavy atom. The molecule has 0 spiro atoms. The van der Waals surface area contributed by atoms with Gasteiger partial charge in [-0.2, -0.15) is 29.9 Å². The van der Waals surface area contributed by atoms with Gasteiger partial charge in [-0.25, -0.2) is 0 Å². The maximum Gasteiger partial charge on any atom is 0.232 e. The van der Waals surface area contributed by atoms with Gasteiger partial charge in [-0.15, -0.1) is 0 Å². The maximum atomic E-state index is 4.97. The van der Waals surface area contributed by atoms with Crippen molar-refractivity contribution in [2.45, 2.75) is 51.4 Å². The van der Waals surface area contributed by atoms with Gasteiger partial charge < -0.3 is 29.4 Å². The van der Waals surface area contributed by atoms with Crippen molar-refractivity contribution >= 4 is 35.7 Å². The van der Waals surface area contributed by atoms with Gasteiger partial charge in [0, 0.05) is 78.5 Å². The highest BCUT2D eigenvalue weighted by molar-refractivity contribution is 5.51. The minimum absolute atomic E-state index is 0.814. The monoisotopic (exact) mass is 520 g/mol. The van der Waals surface area contributed by atoms with Crippen LogP contribution < -0.4 is 29.4 Å². The summed E-state index contributed by atoms with van der Waals surface area (Å²) in [5.74, 6) is 5.02. The van der Waals surface area contributed by atoms with E-state index in [1.807, 2.05) is 0 Å². The summed E-state index contributed by atoms with van der Waals surface area (Å²) in [4.78, 5) is 43.6. The first-order chi connectivity index (χ1) is 18.8. The van der Waals surface area contributed by atoms with Crippen LogP contribution in [0.5, 0.6) is 0 Å². The summed E-state index contributed by atoms with van der Waals surface area (Å²) in [6, 6.07) is 0. The maximum absolute atomic E-state index is 4.97. The molecule has 7 rings (SSSR count). The van der Waals surface area contributed by atoms with Gasteiger partial charge in [0.05, 0.1) is 0 Å². The lowest BCUT2D eigenvalue weighted by Gasteiger charge is -2.35. The van der Waals surface area contributed by atoms with Gasteiger partial charge in [-0.05, 0) is 51.4 Å². The first-order valence-corrected chi connectivity index (χ1v) is 14.8. The van der Waals surface area contributed by atoms with E-state index in [9.17, 15) is 0 Å². The summed E-state index contributed by atoms with van der Waals surface area (Å²) in [6.07, 6.45) is 9.69. The first-order valence-electron chi connectivity index (χ1n) is 14.8. The second kappa shape index (κ2) is 10.5. The summed E-state index contributed by atoms with van der Waals surface area (Å²) in [5, 5.41) is 0. The van der Waals surface area contributed by atoms with Crippen molar-refractivity contribution in [3.63, 3.8) is 0 Å². The average molecular weight is 521 g/mol. The van der Waals surface area contributed by atoms with E-state index in [-0.39, 0.29) is 0 Å². The molecule has 0 unspecified atom stereocenters. The number of rotatable bonds is 6. The van der Waals surface area contributed by atoms with E-state index in [1.165, 1.54) is 51.4 Å². The second-order valence-corrected chi connectivity index (χ2v) is 11.2. The molecule has 5 fully saturated rings. The van der Waals surface area contributed by atoms with Crippen molar-refractivity contribution in [2.24, 2.45) is 0 Å². The largest absolute Gasteiger partial charge is 0.341 e. The molecule has 2 aromatic heterocycles. The summed E-state index contributed by atoms with van der Waals surface area (Å²) >= 11 is 0. The van der Waals surface area contributed by atoms with Gasteiger partial charge in [-0.3, -0.25) is 0 Å². The SMILES string of the molecule is C1CCN(c2nc(N3CCCC3)nc(N3CCN(c4nc(N5CCCC5)nc(N5CCCC5)n4)CC3)n2)C1. The summed E-state index contributed by atoms with van der Waals surface area (Å²) in [5.41, 5.74) is 0. The third-order valence-electron chi connectivity index (χ3n) is 8.60. The van der Waals surface area contributed by atoms with E-state index >= 15 is 0 Å². The smallest absolute Gasteiger partial charge is 0.232 e. The Hall–Kier alpha value is -3.18. The summed E-state index contributed by atoms with van der Waals surface area (Å²) in [6.45, 7) is 11.7. The fourth-order valence-corrected chi connectivity index (χ4v) is 6.31. The topological polar surface area (TPSA) is 96.8 Å². The molecule has 0 bridgehead atoms. The molecule has 204 valence electrons. The van der Waals surface area contributed by atoms with E-state index < -0.39 is 0 Å². The zero-order valence-corrected chi connectivity index (χ0v) is 22.5. The van der Waals surface area contributed by atoms with Crippen LogP contribution in [0.3, 0.4) is 0 Å². The van der Waals surface area contributed by atoms with E-state index in [2.05, 4.69) is 29.4 Å². The van der Waals surface area contributed by atoms with E-state index in [0.29, 0.717) is 0 Å². The minimum Gasteiger partial charge on any atom is -0.341 e. The van der Waals surface area contributed by atoms with Gasteiger partial charge in [0.25, 0.3) is 0 Å². The molecule has 0 N–H and O–H groups in total. The molecule has 7 heterocycles. The van der Waals surface area contributed by atoms with E-state index in [1.54, 1.807) is 0 Å². The number of piperazine rings is 1. The van der Waals surface area contributed by atoms with Crippen molar-refractivity contribution in [1.82, 2.24) is 29.9 Å². The Balaban J connectivity index is 1.11. The highest BCUT2D eigenvalue weighted by Crippen LogP contribution is 2.27. The van der Waals surface area contributed by atoms with Gasteiger partial charge in [-0.1, -0.05) is 0 Å². The predicted octanol–water partition coefficient (Wildman–Crippen LogP) is 1.78. The van der Waals surface area contributed by atoms with Crippen molar-refractivity contribution < 1.29 is 0 Å². The van der Waals surface area contributed by atoms with E-state index in [0.717, 1.165) is 114 Å². The van der Waals surface area contributed by atoms with Crippen molar-refractivity contribution in [1.29, 1.82) is 0 Å². The van der Waals surface area contributed by atoms with Crippen LogP contribution in [0.25, 0.3) is 0 Å². The van der Waals surface area contributed by atoms with Crippen LogP contribution in [0, 0.1) is 0 Å². The average Bonchev–Trinajstić information content (AvgIpc) is 3.81. The Morgan fingerprint density at radius 2 is 0.395 bits per heavy atom. The van der Waals surface area contributed by atoms with Crippen molar-refractivity contribution in [2.75, 3.05) is 108 Å². The third-order valence-corrected chi connectivity index (χ3v) is 8.60. The van der Waals surface area contributed by atoms with Crippen LogP contribution in [-0.2, 0) is 0 Å². The molecule has 0 atom stereocenters. The van der Waals surface area contributed by atoms with Crippen molar-refractivity contribution in [3.8, 4) is 0 Å². The van der Waals surface area contributed by atoms with Crippen LogP contribution in [0.2, 0.25) is 0 Å². The third kappa shape index (κ3) is 4.84. The summed E-state index contributed by atoms with van der Waals surface area (Å²) in [7, 11) is 0. The first kappa shape index (κ1) is 23.9. The van der Waals surface area contributed by atoms with Crippen LogP contribution in [0.15, 0.2) is 0 Å². The molecule has 5 saturated heterocycles. The van der Waals surface area contributed by atoms with Gasteiger partial charge in [0.15, 0.2) is 0 Å². The fraction of sp³-hybridized carbons (Fsp3) is 0.769. The second-order valence-electron chi connectivity index (χ2n) is 11.2. The molecule has 5 aliphatic heterocycles. The number of hydrogen-bond donors (Lipinski definition) is 0. The number of nitrogens with zero attached hydrogens (tertiary/aromatic N) is 12. The molecule has 12 heteroatoms. The molecule has 5 aliphatic rings. The minimum atomic E-state index is 0.814. The van der Waals surface area contributed by atoms with Crippen LogP contribution in [0.4, 0.5) is 35.7 Å². The Kier molecular flexibility index (Phi) is 6.62. The number of anilines is 6. The molecule has 0 saturated carbocycles. The van der Waals surface area contributed by atoms with Gasteiger partial charge >= 0.3 is 0 Å². The van der Waals surface area contributed by atoms with Crippen LogP contribution in [-0.4, -0.2) is 108 Å². The van der Waals surface area contributed by atoms with Gasteiger partial charge in [0.1, 0.15) is 0 Å². The molecular formula is C26H40N12. The summed E-state index contributed by atoms with van der Waals surface area (Å²) < 4.78 is 0. The Morgan fingerprint density at radius 1 is 0.237 bits per heavy atom. The Bertz CT molecular complexity index is 939. The molecule has 0 aliphatic carbocycles. The van der Waals surface area contributed by atoms with Crippen molar-refractivity contribution in [3.05, 3.63) is 0 Å². The molecule has 2 aromatic rings. The zero-order chi connectivity index (χ0) is 25.3. The molecule has 38 heavy (non-hydrogen) atoms. The van der Waals surface area contributed by atoms with E-state index in [4.69, 9.17) is 29.9 Å². The number of aromatic nitrogens is 6. The number of hydrogen-bond acceptors (Lipinski definition) is 12. The lowest BCUT2D eigenvalue weighted by molar-refractivity contribution is 0.622. The molecule has 0 aromatic carbocycles. The molecule has 12 nitrogen and oxygen atoms in total. The highest BCUT2D eigenvalue weighted by atomic mass is 15.4. The highest BCUT2D eigenvalue weighted by Gasteiger charge is 2.28. The Labute approximate surface area is 225 Å². The molecule has 0 amide bonds. The zero-order valence-electron chi connectivity index (χ0n) is 22.5. The fourth-order valence-electron chi connectivity index (χ4n) is 6.31. The van der Waals surface area contributed by atoms with Crippen LogP contribution >= 0.6 is 0 Å². The van der Waals surface area contributed by atoms with Gasteiger partial charge in [0.2, 0.25) is 35.7 Å². The lowest BCUT2D eigenvalue weighted by atomic mass is 10.3.